The van der Waals surface area contributed by atoms with Crippen LogP contribution in [0.4, 0.5) is 5.69 Å². The van der Waals surface area contributed by atoms with Gasteiger partial charge < -0.3 is 14.3 Å². The number of nitrogens with zero attached hydrogens (tertiary/aromatic N) is 4. The van der Waals surface area contributed by atoms with Gasteiger partial charge in [-0.25, -0.2) is 0 Å². The molecule has 0 unspecified atom stereocenters. The summed E-state index contributed by atoms with van der Waals surface area (Å²) in [5.41, 5.74) is 2.74. The van der Waals surface area contributed by atoms with Crippen LogP contribution in [0.5, 0.6) is 0 Å². The van der Waals surface area contributed by atoms with Crippen molar-refractivity contribution in [2.24, 2.45) is 0 Å². The first kappa shape index (κ1) is 18.5. The van der Waals surface area contributed by atoms with Gasteiger partial charge in [0, 0.05) is 54.4 Å². The monoisotopic (exact) mass is 396 g/mol. The van der Waals surface area contributed by atoms with Gasteiger partial charge in [-0.2, -0.15) is 4.98 Å². The van der Waals surface area contributed by atoms with Crippen molar-refractivity contribution in [3.8, 4) is 11.4 Å². The number of hydrogen-bond acceptors (Lipinski definition) is 5. The van der Waals surface area contributed by atoms with Crippen LogP contribution >= 0.6 is 11.6 Å². The average molecular weight is 397 g/mol. The highest BCUT2D eigenvalue weighted by Crippen LogP contribution is 2.23. The van der Waals surface area contributed by atoms with E-state index in [9.17, 15) is 4.79 Å². The summed E-state index contributed by atoms with van der Waals surface area (Å²) in [4.78, 5) is 21.2. The maximum Gasteiger partial charge on any atom is 0.253 e. The lowest BCUT2D eigenvalue weighted by Crippen LogP contribution is -2.48. The molecule has 0 radical (unpaired) electrons. The summed E-state index contributed by atoms with van der Waals surface area (Å²) in [6, 6.07) is 15.2. The van der Waals surface area contributed by atoms with Gasteiger partial charge >= 0.3 is 0 Å². The van der Waals surface area contributed by atoms with Crippen molar-refractivity contribution in [2.45, 2.75) is 13.3 Å². The second-order valence-electron chi connectivity index (χ2n) is 6.70. The smallest absolute Gasteiger partial charge is 0.253 e. The first-order valence-electron chi connectivity index (χ1n) is 9.37. The molecule has 7 heteroatoms. The minimum absolute atomic E-state index is 0.0514. The van der Waals surface area contributed by atoms with Crippen molar-refractivity contribution in [1.82, 2.24) is 15.0 Å². The molecule has 1 fully saturated rings. The summed E-state index contributed by atoms with van der Waals surface area (Å²) in [5, 5.41) is 4.65. The normalized spacial score (nSPS) is 14.4. The molecule has 28 heavy (non-hydrogen) atoms. The molecule has 0 saturated carbocycles. The lowest BCUT2D eigenvalue weighted by atomic mass is 10.1. The molecule has 0 atom stereocenters. The molecule has 2 heterocycles. The highest BCUT2D eigenvalue weighted by molar-refractivity contribution is 6.30. The molecule has 0 spiro atoms. The number of rotatable bonds is 4. The van der Waals surface area contributed by atoms with Gasteiger partial charge in [0.05, 0.1) is 0 Å². The van der Waals surface area contributed by atoms with E-state index >= 15 is 0 Å². The highest BCUT2D eigenvalue weighted by Gasteiger charge is 2.22. The zero-order chi connectivity index (χ0) is 19.5. The minimum atomic E-state index is 0.0514. The van der Waals surface area contributed by atoms with Gasteiger partial charge in [-0.05, 0) is 48.5 Å². The largest absolute Gasteiger partial charge is 0.368 e. The number of amides is 1. The summed E-state index contributed by atoms with van der Waals surface area (Å²) in [7, 11) is 0. The maximum absolute atomic E-state index is 12.6. The fourth-order valence-electron chi connectivity index (χ4n) is 3.28. The zero-order valence-electron chi connectivity index (χ0n) is 15.6. The first-order chi connectivity index (χ1) is 13.6. The summed E-state index contributed by atoms with van der Waals surface area (Å²) in [6.45, 7) is 4.95. The quantitative estimate of drug-likeness (QED) is 0.669. The van der Waals surface area contributed by atoms with E-state index in [-0.39, 0.29) is 5.91 Å². The van der Waals surface area contributed by atoms with Crippen LogP contribution in [0, 0.1) is 0 Å². The van der Waals surface area contributed by atoms with Crippen LogP contribution in [0.25, 0.3) is 11.4 Å². The van der Waals surface area contributed by atoms with E-state index in [4.69, 9.17) is 16.1 Å². The average Bonchev–Trinajstić information content (AvgIpc) is 3.23. The third-order valence-electron chi connectivity index (χ3n) is 4.92. The van der Waals surface area contributed by atoms with Gasteiger partial charge in [0.1, 0.15) is 0 Å². The summed E-state index contributed by atoms with van der Waals surface area (Å²) >= 11 is 5.90. The summed E-state index contributed by atoms with van der Waals surface area (Å²) in [6.07, 6.45) is 0.726. The van der Waals surface area contributed by atoms with E-state index in [1.165, 1.54) is 0 Å². The Kier molecular flexibility index (Phi) is 5.30. The van der Waals surface area contributed by atoms with Gasteiger partial charge in [-0.15, -0.1) is 0 Å². The summed E-state index contributed by atoms with van der Waals surface area (Å²) < 4.78 is 5.18. The Morgan fingerprint density at radius 1 is 1.04 bits per heavy atom. The van der Waals surface area contributed by atoms with Crippen LogP contribution in [0.2, 0.25) is 5.02 Å². The zero-order valence-corrected chi connectivity index (χ0v) is 16.4. The van der Waals surface area contributed by atoms with Gasteiger partial charge in [0.15, 0.2) is 0 Å². The SMILES string of the molecule is CCc1nc(-c2ccc(N3CCN(C(=O)c4ccc(Cl)cc4)CC3)cc2)no1. The Labute approximate surface area is 168 Å². The Morgan fingerprint density at radius 2 is 1.71 bits per heavy atom. The second-order valence-corrected chi connectivity index (χ2v) is 7.13. The minimum Gasteiger partial charge on any atom is -0.368 e. The number of piperazine rings is 1. The van der Waals surface area contributed by atoms with E-state index in [0.717, 1.165) is 30.8 Å². The van der Waals surface area contributed by atoms with Crippen LogP contribution in [-0.2, 0) is 6.42 Å². The standard InChI is InChI=1S/C21H21ClN4O2/c1-2-19-23-20(24-28-19)15-5-9-18(10-6-15)25-11-13-26(14-12-25)21(27)16-3-7-17(22)8-4-16/h3-10H,2,11-14H2,1H3. The maximum atomic E-state index is 12.6. The molecule has 6 nitrogen and oxygen atoms in total. The van der Waals surface area contributed by atoms with E-state index in [2.05, 4.69) is 27.2 Å². The molecule has 1 aliphatic rings. The molecule has 4 rings (SSSR count). The molecule has 1 amide bonds. The molecule has 1 saturated heterocycles. The lowest BCUT2D eigenvalue weighted by Gasteiger charge is -2.36. The van der Waals surface area contributed by atoms with Crippen molar-refractivity contribution >= 4 is 23.2 Å². The van der Waals surface area contributed by atoms with Crippen molar-refractivity contribution in [2.75, 3.05) is 31.1 Å². The van der Waals surface area contributed by atoms with Gasteiger partial charge in [0.25, 0.3) is 5.91 Å². The molecular weight excluding hydrogens is 376 g/mol. The van der Waals surface area contributed by atoms with Crippen LogP contribution < -0.4 is 4.90 Å². The van der Waals surface area contributed by atoms with E-state index in [1.807, 2.05) is 24.0 Å². The Balaban J connectivity index is 1.38. The number of anilines is 1. The number of hydrogen-bond donors (Lipinski definition) is 0. The first-order valence-corrected chi connectivity index (χ1v) is 9.74. The number of benzene rings is 2. The number of aryl methyl sites for hydroxylation is 1. The Bertz CT molecular complexity index is 945. The number of carbonyl (C=O) groups excluding carboxylic acids is 1. The van der Waals surface area contributed by atoms with E-state index in [0.29, 0.717) is 35.4 Å². The molecule has 3 aromatic rings. The molecular formula is C21H21ClN4O2. The van der Waals surface area contributed by atoms with Crippen LogP contribution in [0.3, 0.4) is 0 Å². The molecule has 1 aliphatic heterocycles. The molecule has 0 N–H and O–H groups in total. The second kappa shape index (κ2) is 8.02. The predicted molar refractivity (Wildman–Crippen MR) is 109 cm³/mol. The van der Waals surface area contributed by atoms with Crippen molar-refractivity contribution in [3.05, 3.63) is 65.0 Å². The number of carbonyl (C=O) groups is 1. The van der Waals surface area contributed by atoms with Crippen molar-refractivity contribution < 1.29 is 9.32 Å². The van der Waals surface area contributed by atoms with Crippen molar-refractivity contribution in [1.29, 1.82) is 0 Å². The predicted octanol–water partition coefficient (Wildman–Crippen LogP) is 3.91. The van der Waals surface area contributed by atoms with Crippen LogP contribution in [-0.4, -0.2) is 47.1 Å². The lowest BCUT2D eigenvalue weighted by molar-refractivity contribution is 0.0747. The number of halogens is 1. The Hall–Kier alpha value is -2.86. The fraction of sp³-hybridized carbons (Fsp3) is 0.286. The van der Waals surface area contributed by atoms with Gasteiger partial charge in [-0.3, -0.25) is 4.79 Å². The summed E-state index contributed by atoms with van der Waals surface area (Å²) in [5.74, 6) is 1.30. The van der Waals surface area contributed by atoms with Crippen LogP contribution in [0.1, 0.15) is 23.2 Å². The van der Waals surface area contributed by atoms with Crippen molar-refractivity contribution in [3.63, 3.8) is 0 Å². The van der Waals surface area contributed by atoms with Gasteiger partial charge in [-0.1, -0.05) is 23.7 Å². The number of aromatic nitrogens is 2. The third kappa shape index (κ3) is 3.87. The van der Waals surface area contributed by atoms with Gasteiger partial charge in [0.2, 0.25) is 11.7 Å². The fourth-order valence-corrected chi connectivity index (χ4v) is 3.41. The van der Waals surface area contributed by atoms with E-state index in [1.54, 1.807) is 24.3 Å². The van der Waals surface area contributed by atoms with Crippen LogP contribution in [0.15, 0.2) is 53.1 Å². The third-order valence-corrected chi connectivity index (χ3v) is 5.17. The molecule has 144 valence electrons. The molecule has 2 aromatic carbocycles. The molecule has 0 bridgehead atoms. The Morgan fingerprint density at radius 3 is 2.32 bits per heavy atom. The molecule has 1 aromatic heterocycles. The topological polar surface area (TPSA) is 62.5 Å². The molecule has 0 aliphatic carbocycles. The highest BCUT2D eigenvalue weighted by atomic mass is 35.5. The van der Waals surface area contributed by atoms with E-state index < -0.39 is 0 Å².